The van der Waals surface area contributed by atoms with Crippen molar-refractivity contribution in [3.05, 3.63) is 23.0 Å². The molecule has 0 atom stereocenters. The van der Waals surface area contributed by atoms with Gasteiger partial charge < -0.3 is 14.8 Å². The zero-order valence-electron chi connectivity index (χ0n) is 12.0. The number of nitrogens with one attached hydrogen (secondary N) is 1. The van der Waals surface area contributed by atoms with E-state index in [9.17, 15) is 4.79 Å². The molecule has 5 heteroatoms. The van der Waals surface area contributed by atoms with E-state index in [4.69, 9.17) is 11.6 Å². The molecule has 2 aliphatic rings. The summed E-state index contributed by atoms with van der Waals surface area (Å²) in [6.45, 7) is 4.01. The van der Waals surface area contributed by atoms with Crippen molar-refractivity contribution in [2.24, 2.45) is 12.5 Å². The van der Waals surface area contributed by atoms with Crippen LogP contribution in [0, 0.1) is 5.41 Å². The molecule has 0 aliphatic carbocycles. The third kappa shape index (κ3) is 2.59. The molecule has 1 aromatic rings. The fourth-order valence-electron chi connectivity index (χ4n) is 3.54. The van der Waals surface area contributed by atoms with Crippen molar-refractivity contribution in [2.45, 2.75) is 25.7 Å². The van der Waals surface area contributed by atoms with Gasteiger partial charge in [-0.2, -0.15) is 0 Å². The van der Waals surface area contributed by atoms with E-state index in [-0.39, 0.29) is 5.91 Å². The summed E-state index contributed by atoms with van der Waals surface area (Å²) in [6, 6.07) is 1.76. The average molecular weight is 296 g/mol. The molecule has 0 bridgehead atoms. The molecule has 3 heterocycles. The number of nitrogens with zero attached hydrogens (tertiary/aromatic N) is 2. The summed E-state index contributed by atoms with van der Waals surface area (Å²) < 4.78 is 1.82. The Hall–Kier alpha value is -1.00. The summed E-state index contributed by atoms with van der Waals surface area (Å²) in [5.74, 6) is 0.114. The van der Waals surface area contributed by atoms with Crippen LogP contribution in [0.1, 0.15) is 36.2 Å². The zero-order valence-corrected chi connectivity index (χ0v) is 12.7. The number of aromatic nitrogens is 1. The van der Waals surface area contributed by atoms with E-state index in [1.807, 2.05) is 16.5 Å². The van der Waals surface area contributed by atoms with Crippen LogP contribution in [0.2, 0.25) is 5.02 Å². The molecule has 4 nitrogen and oxygen atoms in total. The van der Waals surface area contributed by atoms with Crippen LogP contribution in [-0.4, -0.2) is 41.6 Å². The summed E-state index contributed by atoms with van der Waals surface area (Å²) in [5, 5.41) is 4.06. The summed E-state index contributed by atoms with van der Waals surface area (Å²) >= 11 is 5.97. The SMILES string of the molecule is Cn1cc(Cl)cc1C(=O)N1CCC2(CCNCC2)CC1. The average Bonchev–Trinajstić information content (AvgIpc) is 2.79. The molecule has 0 unspecified atom stereocenters. The van der Waals surface area contributed by atoms with Gasteiger partial charge in [-0.25, -0.2) is 0 Å². The quantitative estimate of drug-likeness (QED) is 0.863. The standard InChI is InChI=1S/C15H22ClN3O/c1-18-11-12(16)10-13(18)14(20)19-8-4-15(5-9-19)2-6-17-7-3-15/h10-11,17H,2-9H2,1H3. The fourth-order valence-corrected chi connectivity index (χ4v) is 3.79. The number of carbonyl (C=O) groups excluding carboxylic acids is 1. The van der Waals surface area contributed by atoms with E-state index in [0.29, 0.717) is 16.1 Å². The number of hydrogen-bond donors (Lipinski definition) is 1. The Balaban J connectivity index is 1.66. The second-order valence-corrected chi connectivity index (χ2v) is 6.63. The van der Waals surface area contributed by atoms with E-state index in [1.54, 1.807) is 12.3 Å². The van der Waals surface area contributed by atoms with Crippen molar-refractivity contribution >= 4 is 17.5 Å². The van der Waals surface area contributed by atoms with Crippen molar-refractivity contribution < 1.29 is 4.79 Å². The number of piperidine rings is 2. The Bertz CT molecular complexity index is 495. The summed E-state index contributed by atoms with van der Waals surface area (Å²) in [7, 11) is 1.87. The molecule has 0 radical (unpaired) electrons. The summed E-state index contributed by atoms with van der Waals surface area (Å²) in [4.78, 5) is 14.5. The molecule has 0 aromatic carbocycles. The molecular weight excluding hydrogens is 274 g/mol. The van der Waals surface area contributed by atoms with Crippen molar-refractivity contribution in [3.63, 3.8) is 0 Å². The molecule has 1 aromatic heterocycles. The van der Waals surface area contributed by atoms with Crippen molar-refractivity contribution in [2.75, 3.05) is 26.2 Å². The largest absolute Gasteiger partial charge is 0.345 e. The highest BCUT2D eigenvalue weighted by atomic mass is 35.5. The molecule has 2 aliphatic heterocycles. The molecule has 110 valence electrons. The van der Waals surface area contributed by atoms with Gasteiger partial charge in [-0.15, -0.1) is 0 Å². The molecule has 1 spiro atoms. The Morgan fingerprint density at radius 1 is 1.25 bits per heavy atom. The van der Waals surface area contributed by atoms with Crippen molar-refractivity contribution in [1.29, 1.82) is 0 Å². The topological polar surface area (TPSA) is 37.3 Å². The molecule has 3 rings (SSSR count). The van der Waals surface area contributed by atoms with E-state index in [2.05, 4.69) is 5.32 Å². The maximum atomic E-state index is 12.5. The second-order valence-electron chi connectivity index (χ2n) is 6.20. The van der Waals surface area contributed by atoms with Gasteiger partial charge in [0, 0.05) is 26.3 Å². The lowest BCUT2D eigenvalue weighted by molar-refractivity contribution is 0.0488. The Morgan fingerprint density at radius 2 is 1.90 bits per heavy atom. The molecule has 1 amide bonds. The first-order valence-corrected chi connectivity index (χ1v) is 7.79. The molecule has 20 heavy (non-hydrogen) atoms. The fraction of sp³-hybridized carbons (Fsp3) is 0.667. The van der Waals surface area contributed by atoms with Gasteiger partial charge in [-0.05, 0) is 50.3 Å². The van der Waals surface area contributed by atoms with Gasteiger partial charge in [-0.1, -0.05) is 11.6 Å². The first kappa shape index (κ1) is 14.0. The minimum Gasteiger partial charge on any atom is -0.345 e. The van der Waals surface area contributed by atoms with Gasteiger partial charge in [0.1, 0.15) is 5.69 Å². The maximum Gasteiger partial charge on any atom is 0.270 e. The minimum atomic E-state index is 0.114. The first-order valence-electron chi connectivity index (χ1n) is 7.42. The highest BCUT2D eigenvalue weighted by Gasteiger charge is 2.37. The summed E-state index contributed by atoms with van der Waals surface area (Å²) in [6.07, 6.45) is 6.57. The van der Waals surface area contributed by atoms with E-state index in [0.717, 1.165) is 39.0 Å². The minimum absolute atomic E-state index is 0.114. The molecule has 1 N–H and O–H groups in total. The zero-order chi connectivity index (χ0) is 14.2. The van der Waals surface area contributed by atoms with Crippen LogP contribution in [-0.2, 0) is 7.05 Å². The lowest BCUT2D eigenvalue weighted by atomic mass is 9.71. The lowest BCUT2D eigenvalue weighted by Gasteiger charge is -2.44. The molecule has 0 saturated carbocycles. The smallest absolute Gasteiger partial charge is 0.270 e. The van der Waals surface area contributed by atoms with Crippen molar-refractivity contribution in [1.82, 2.24) is 14.8 Å². The Kier molecular flexibility index (Phi) is 3.78. The third-order valence-electron chi connectivity index (χ3n) is 4.97. The molecule has 2 fully saturated rings. The first-order chi connectivity index (χ1) is 9.60. The van der Waals surface area contributed by atoms with Crippen LogP contribution in [0.25, 0.3) is 0 Å². The number of carbonyl (C=O) groups is 1. The number of amides is 1. The van der Waals surface area contributed by atoms with Crippen LogP contribution in [0.4, 0.5) is 0 Å². The predicted octanol–water partition coefficient (Wildman–Crippen LogP) is 2.28. The van der Waals surface area contributed by atoms with Crippen molar-refractivity contribution in [3.8, 4) is 0 Å². The summed E-state index contributed by atoms with van der Waals surface area (Å²) in [5.41, 5.74) is 1.17. The number of likely N-dealkylation sites (tertiary alicyclic amines) is 1. The van der Waals surface area contributed by atoms with Gasteiger partial charge in [0.15, 0.2) is 0 Å². The van der Waals surface area contributed by atoms with Gasteiger partial charge in [-0.3, -0.25) is 4.79 Å². The normalized spacial score (nSPS) is 22.2. The van der Waals surface area contributed by atoms with Gasteiger partial charge in [0.2, 0.25) is 0 Å². The number of hydrogen-bond acceptors (Lipinski definition) is 2. The number of halogens is 1. The number of aryl methyl sites for hydroxylation is 1. The molecule has 2 saturated heterocycles. The van der Waals surface area contributed by atoms with E-state index in [1.165, 1.54) is 12.8 Å². The van der Waals surface area contributed by atoms with Gasteiger partial charge in [0.05, 0.1) is 5.02 Å². The Labute approximate surface area is 125 Å². The highest BCUT2D eigenvalue weighted by molar-refractivity contribution is 6.31. The van der Waals surface area contributed by atoms with Crippen LogP contribution in [0.15, 0.2) is 12.3 Å². The second kappa shape index (κ2) is 5.41. The highest BCUT2D eigenvalue weighted by Crippen LogP contribution is 2.39. The lowest BCUT2D eigenvalue weighted by Crippen LogP contribution is -2.47. The van der Waals surface area contributed by atoms with Crippen LogP contribution >= 0.6 is 11.6 Å². The maximum absolute atomic E-state index is 12.5. The van der Waals surface area contributed by atoms with Crippen LogP contribution in [0.5, 0.6) is 0 Å². The predicted molar refractivity (Wildman–Crippen MR) is 80.1 cm³/mol. The monoisotopic (exact) mass is 295 g/mol. The van der Waals surface area contributed by atoms with Gasteiger partial charge in [0.25, 0.3) is 5.91 Å². The van der Waals surface area contributed by atoms with Crippen LogP contribution < -0.4 is 5.32 Å². The number of rotatable bonds is 1. The van der Waals surface area contributed by atoms with E-state index >= 15 is 0 Å². The van der Waals surface area contributed by atoms with E-state index < -0.39 is 0 Å². The Morgan fingerprint density at radius 3 is 2.45 bits per heavy atom. The van der Waals surface area contributed by atoms with Crippen LogP contribution in [0.3, 0.4) is 0 Å². The third-order valence-corrected chi connectivity index (χ3v) is 5.17. The van der Waals surface area contributed by atoms with Gasteiger partial charge >= 0.3 is 0 Å². The molecular formula is C15H22ClN3O.